The summed E-state index contributed by atoms with van der Waals surface area (Å²) in [6.07, 6.45) is 1.15. The number of thiol groups is 1. The number of hydrogen-bond donors (Lipinski definition) is 1. The van der Waals surface area contributed by atoms with E-state index in [1.807, 2.05) is 36.4 Å². The van der Waals surface area contributed by atoms with Gasteiger partial charge in [-0.2, -0.15) is 12.6 Å². The van der Waals surface area contributed by atoms with Crippen molar-refractivity contribution in [3.8, 4) is 0 Å². The molecule has 0 bridgehead atoms. The fraction of sp³-hybridized carbons (Fsp3) is 0.300. The Hall–Kier alpha value is -1.69. The van der Waals surface area contributed by atoms with Gasteiger partial charge in [0, 0.05) is 16.5 Å². The van der Waals surface area contributed by atoms with E-state index in [0.717, 1.165) is 22.4 Å². The van der Waals surface area contributed by atoms with E-state index in [2.05, 4.69) is 17.2 Å². The predicted octanol–water partition coefficient (Wildman–Crippen LogP) is 5.19. The number of carbonyl (C=O) groups excluding carboxylic acids is 1. The molecule has 0 amide bonds. The summed E-state index contributed by atoms with van der Waals surface area (Å²) >= 11 is 16.7. The van der Waals surface area contributed by atoms with Crippen LogP contribution in [0.25, 0.3) is 11.0 Å². The van der Waals surface area contributed by atoms with Gasteiger partial charge in [-0.25, -0.2) is 4.98 Å². The Kier molecular flexibility index (Phi) is 6.68. The van der Waals surface area contributed by atoms with Crippen molar-refractivity contribution in [2.45, 2.75) is 31.6 Å². The van der Waals surface area contributed by atoms with Crippen LogP contribution in [0.5, 0.6) is 0 Å². The van der Waals surface area contributed by atoms with Gasteiger partial charge in [-0.3, -0.25) is 4.79 Å². The molecule has 3 aromatic rings. The van der Waals surface area contributed by atoms with Crippen LogP contribution in [0.3, 0.4) is 0 Å². The van der Waals surface area contributed by atoms with Gasteiger partial charge < -0.3 is 9.30 Å². The Morgan fingerprint density at radius 3 is 2.78 bits per heavy atom. The Bertz CT molecular complexity index is 958. The second kappa shape index (κ2) is 9.00. The molecule has 1 unspecified atom stereocenters. The summed E-state index contributed by atoms with van der Waals surface area (Å²) in [7, 11) is 0. The second-order valence-electron chi connectivity index (χ2n) is 6.15. The van der Waals surface area contributed by atoms with Crippen molar-refractivity contribution in [2.75, 3.05) is 6.61 Å². The van der Waals surface area contributed by atoms with E-state index in [-0.39, 0.29) is 5.97 Å². The zero-order valence-electron chi connectivity index (χ0n) is 14.9. The highest BCUT2D eigenvalue weighted by Gasteiger charge is 2.18. The first-order chi connectivity index (χ1) is 13.0. The Balaban J connectivity index is 1.88. The summed E-state index contributed by atoms with van der Waals surface area (Å²) in [4.78, 5) is 16.6. The van der Waals surface area contributed by atoms with Crippen LogP contribution in [-0.2, 0) is 22.5 Å². The van der Waals surface area contributed by atoms with Crippen LogP contribution in [0.1, 0.15) is 24.7 Å². The number of carbonyl (C=O) groups is 1. The highest BCUT2D eigenvalue weighted by Crippen LogP contribution is 2.25. The summed E-state index contributed by atoms with van der Waals surface area (Å²) in [5, 5.41) is 0.744. The first-order valence-electron chi connectivity index (χ1n) is 8.72. The van der Waals surface area contributed by atoms with Crippen molar-refractivity contribution in [2.24, 2.45) is 0 Å². The number of hydrogen-bond acceptors (Lipinski definition) is 4. The molecule has 0 fully saturated rings. The Labute approximate surface area is 173 Å². The maximum atomic E-state index is 11.8. The normalized spacial score (nSPS) is 12.3. The Morgan fingerprint density at radius 2 is 2.04 bits per heavy atom. The lowest BCUT2D eigenvalue weighted by Crippen LogP contribution is -2.19. The number of halogens is 2. The topological polar surface area (TPSA) is 44.1 Å². The van der Waals surface area contributed by atoms with E-state index in [9.17, 15) is 4.79 Å². The van der Waals surface area contributed by atoms with Crippen molar-refractivity contribution in [1.82, 2.24) is 9.55 Å². The molecule has 0 aliphatic rings. The Morgan fingerprint density at radius 1 is 1.26 bits per heavy atom. The van der Waals surface area contributed by atoms with Gasteiger partial charge in [0.1, 0.15) is 5.82 Å². The van der Waals surface area contributed by atoms with Crippen LogP contribution in [0.15, 0.2) is 42.5 Å². The van der Waals surface area contributed by atoms with Gasteiger partial charge in [0.05, 0.1) is 29.4 Å². The van der Waals surface area contributed by atoms with Crippen LogP contribution in [0, 0.1) is 0 Å². The van der Waals surface area contributed by atoms with Gasteiger partial charge >= 0.3 is 5.97 Å². The molecule has 2 aromatic carbocycles. The van der Waals surface area contributed by atoms with Gasteiger partial charge in [-0.05, 0) is 43.2 Å². The molecule has 1 atom stereocenters. The van der Waals surface area contributed by atoms with Crippen molar-refractivity contribution in [1.29, 1.82) is 0 Å². The number of rotatable bonds is 7. The van der Waals surface area contributed by atoms with Crippen LogP contribution in [-0.4, -0.2) is 27.4 Å². The van der Waals surface area contributed by atoms with E-state index >= 15 is 0 Å². The minimum Gasteiger partial charge on any atom is -0.465 e. The molecule has 4 nitrogen and oxygen atoms in total. The van der Waals surface area contributed by atoms with Crippen LogP contribution in [0.4, 0.5) is 0 Å². The third-order valence-corrected chi connectivity index (χ3v) is 5.33. The zero-order valence-corrected chi connectivity index (χ0v) is 17.3. The molecule has 0 aliphatic carbocycles. The van der Waals surface area contributed by atoms with Gasteiger partial charge in [0.25, 0.3) is 0 Å². The van der Waals surface area contributed by atoms with Crippen LogP contribution < -0.4 is 0 Å². The first-order valence-corrected chi connectivity index (χ1v) is 9.99. The maximum absolute atomic E-state index is 11.8. The lowest BCUT2D eigenvalue weighted by atomic mass is 10.2. The number of benzene rings is 2. The van der Waals surface area contributed by atoms with Crippen molar-refractivity contribution < 1.29 is 9.53 Å². The SMILES string of the molecule is CCOC(=O)C(S)CCc1nc2ccccc2n1Cc1ccc(Cl)cc1Cl. The van der Waals surface area contributed by atoms with Crippen LogP contribution in [0.2, 0.25) is 10.0 Å². The van der Waals surface area contributed by atoms with Crippen molar-refractivity contribution in [3.05, 3.63) is 63.9 Å². The van der Waals surface area contributed by atoms with Crippen molar-refractivity contribution in [3.63, 3.8) is 0 Å². The largest absolute Gasteiger partial charge is 0.465 e. The molecule has 3 rings (SSSR count). The smallest absolute Gasteiger partial charge is 0.318 e. The van der Waals surface area contributed by atoms with E-state index < -0.39 is 5.25 Å². The number of fused-ring (bicyclic) bond motifs is 1. The van der Waals surface area contributed by atoms with Crippen LogP contribution >= 0.6 is 35.8 Å². The van der Waals surface area contributed by atoms with Crippen molar-refractivity contribution >= 4 is 52.8 Å². The third kappa shape index (κ3) is 4.78. The summed E-state index contributed by atoms with van der Waals surface area (Å²) < 4.78 is 7.15. The lowest BCUT2D eigenvalue weighted by molar-refractivity contribution is -0.142. The zero-order chi connectivity index (χ0) is 19.4. The van der Waals surface area contributed by atoms with Gasteiger partial charge in [0.15, 0.2) is 0 Å². The van der Waals surface area contributed by atoms with E-state index in [1.54, 1.807) is 13.0 Å². The lowest BCUT2D eigenvalue weighted by Gasteiger charge is -2.13. The molecule has 0 spiro atoms. The molecule has 0 saturated heterocycles. The number of aromatic nitrogens is 2. The second-order valence-corrected chi connectivity index (χ2v) is 7.61. The van der Waals surface area contributed by atoms with E-state index in [4.69, 9.17) is 32.9 Å². The number of para-hydroxylation sites is 2. The molecule has 1 aromatic heterocycles. The quantitative estimate of drug-likeness (QED) is 0.421. The number of aryl methyl sites for hydroxylation is 1. The molecule has 0 saturated carbocycles. The molecule has 142 valence electrons. The molecular weight excluding hydrogens is 403 g/mol. The first kappa shape index (κ1) is 20.1. The number of nitrogens with zero attached hydrogens (tertiary/aromatic N) is 2. The molecule has 1 heterocycles. The fourth-order valence-corrected chi connectivity index (χ4v) is 3.61. The highest BCUT2D eigenvalue weighted by atomic mass is 35.5. The van der Waals surface area contributed by atoms with E-state index in [0.29, 0.717) is 36.0 Å². The summed E-state index contributed by atoms with van der Waals surface area (Å²) in [6, 6.07) is 13.4. The summed E-state index contributed by atoms with van der Waals surface area (Å²) in [6.45, 7) is 2.71. The predicted molar refractivity (Wildman–Crippen MR) is 113 cm³/mol. The minimum absolute atomic E-state index is 0.302. The molecule has 27 heavy (non-hydrogen) atoms. The number of imidazole rings is 1. The molecule has 7 heteroatoms. The summed E-state index contributed by atoms with van der Waals surface area (Å²) in [5.41, 5.74) is 2.88. The fourth-order valence-electron chi connectivity index (χ4n) is 2.94. The molecule has 0 radical (unpaired) electrons. The molecular formula is C20H20Cl2N2O2S. The molecule has 0 aliphatic heterocycles. The summed E-state index contributed by atoms with van der Waals surface area (Å²) in [5.74, 6) is 0.579. The number of esters is 1. The van der Waals surface area contributed by atoms with Gasteiger partial charge in [-0.1, -0.05) is 41.4 Å². The van der Waals surface area contributed by atoms with E-state index in [1.165, 1.54) is 0 Å². The minimum atomic E-state index is -0.475. The number of ether oxygens (including phenoxy) is 1. The monoisotopic (exact) mass is 422 g/mol. The third-order valence-electron chi connectivity index (χ3n) is 4.28. The average molecular weight is 423 g/mol. The molecule has 0 N–H and O–H groups in total. The average Bonchev–Trinajstić information content (AvgIpc) is 2.99. The highest BCUT2D eigenvalue weighted by molar-refractivity contribution is 7.81. The standard InChI is InChI=1S/C20H20Cl2N2O2S/c1-2-26-20(25)18(27)9-10-19-23-16-5-3-4-6-17(16)24(19)12-13-7-8-14(21)11-15(13)22/h3-8,11,18,27H,2,9-10,12H2,1H3. The maximum Gasteiger partial charge on any atom is 0.318 e. The van der Waals surface area contributed by atoms with Gasteiger partial charge in [-0.15, -0.1) is 0 Å². The van der Waals surface area contributed by atoms with Gasteiger partial charge in [0.2, 0.25) is 0 Å².